The number of unbranched alkanes of at least 4 members (excludes halogenated alkanes) is 2. The number of fused-ring (bicyclic) bond motifs is 1. The highest BCUT2D eigenvalue weighted by Gasteiger charge is 2.18. The van der Waals surface area contributed by atoms with Crippen LogP contribution in [0.3, 0.4) is 0 Å². The number of nitrogens with zero attached hydrogens (tertiary/aromatic N) is 3. The zero-order valence-corrected chi connectivity index (χ0v) is 19.0. The number of carbonyl (C=O) groups excluding carboxylic acids is 1. The Kier molecular flexibility index (Phi) is 7.22. The van der Waals surface area contributed by atoms with Crippen LogP contribution >= 0.6 is 0 Å². The summed E-state index contributed by atoms with van der Waals surface area (Å²) in [5, 5.41) is 29.1. The zero-order valence-electron chi connectivity index (χ0n) is 19.0. The van der Waals surface area contributed by atoms with E-state index in [9.17, 15) is 15.0 Å². The van der Waals surface area contributed by atoms with Crippen molar-refractivity contribution in [1.82, 2.24) is 4.57 Å². The van der Waals surface area contributed by atoms with Gasteiger partial charge < -0.3 is 19.5 Å². The number of para-hydroxylation sites is 2. The molecule has 0 atom stereocenters. The minimum absolute atomic E-state index is 0.0591. The third-order valence-corrected chi connectivity index (χ3v) is 5.58. The molecule has 1 amide bonds. The first-order valence-corrected chi connectivity index (χ1v) is 11.3. The van der Waals surface area contributed by atoms with Gasteiger partial charge in [0.2, 0.25) is 5.88 Å². The second-order valence-corrected chi connectivity index (χ2v) is 7.99. The summed E-state index contributed by atoms with van der Waals surface area (Å²) in [5.41, 5.74) is 2.22. The lowest BCUT2D eigenvalue weighted by Gasteiger charge is -2.13. The van der Waals surface area contributed by atoms with Crippen LogP contribution in [0.2, 0.25) is 0 Å². The molecule has 0 unspecified atom stereocenters. The second kappa shape index (κ2) is 10.7. The Morgan fingerprint density at radius 3 is 2.47 bits per heavy atom. The van der Waals surface area contributed by atoms with E-state index in [4.69, 9.17) is 4.74 Å². The number of ether oxygens (including phenoxy) is 1. The standard InChI is InChI=1S/C27H27N3O4/c1-2-3-8-17-34-24-12-7-4-9-20(24)18-30-23-11-6-5-10-22(23)25(27(30)33)28-29-26(32)19-13-15-21(31)16-14-19/h4-7,9-16,31,33H,2-3,8,17-18H2,1H3. The Labute approximate surface area is 198 Å². The Hall–Kier alpha value is -4.13. The Morgan fingerprint density at radius 2 is 1.68 bits per heavy atom. The molecule has 0 saturated carbocycles. The van der Waals surface area contributed by atoms with Crippen LogP contribution in [-0.4, -0.2) is 27.3 Å². The molecule has 1 heterocycles. The van der Waals surface area contributed by atoms with Crippen LogP contribution < -0.4 is 4.74 Å². The van der Waals surface area contributed by atoms with Gasteiger partial charge in [-0.15, -0.1) is 10.2 Å². The normalized spacial score (nSPS) is 11.3. The lowest BCUT2D eigenvalue weighted by atomic mass is 10.2. The van der Waals surface area contributed by atoms with Gasteiger partial charge in [-0.3, -0.25) is 4.79 Å². The molecule has 7 nitrogen and oxygen atoms in total. The summed E-state index contributed by atoms with van der Waals surface area (Å²) in [4.78, 5) is 12.4. The van der Waals surface area contributed by atoms with Gasteiger partial charge in [0.25, 0.3) is 5.91 Å². The van der Waals surface area contributed by atoms with E-state index >= 15 is 0 Å². The molecule has 174 valence electrons. The van der Waals surface area contributed by atoms with E-state index in [-0.39, 0.29) is 17.3 Å². The van der Waals surface area contributed by atoms with Crippen LogP contribution in [0.1, 0.15) is 42.1 Å². The number of aromatic hydroxyl groups is 2. The van der Waals surface area contributed by atoms with Crippen molar-refractivity contribution >= 4 is 22.5 Å². The van der Waals surface area contributed by atoms with Crippen molar-refractivity contribution in [2.45, 2.75) is 32.7 Å². The molecule has 3 aromatic carbocycles. The monoisotopic (exact) mass is 457 g/mol. The summed E-state index contributed by atoms with van der Waals surface area (Å²) in [6, 6.07) is 21.0. The molecule has 0 aliphatic heterocycles. The smallest absolute Gasteiger partial charge is 0.295 e. The van der Waals surface area contributed by atoms with Gasteiger partial charge in [0.15, 0.2) is 5.69 Å². The van der Waals surface area contributed by atoms with E-state index in [0.717, 1.165) is 36.1 Å². The number of hydrogen-bond donors (Lipinski definition) is 2. The summed E-state index contributed by atoms with van der Waals surface area (Å²) in [7, 11) is 0. The SMILES string of the molecule is CCCCCOc1ccccc1Cn1c(O)c(N=NC(=O)c2ccc(O)cc2)c2ccccc21. The molecule has 2 N–H and O–H groups in total. The molecule has 1 aromatic heterocycles. The van der Waals surface area contributed by atoms with E-state index in [1.165, 1.54) is 24.3 Å². The average molecular weight is 458 g/mol. The fourth-order valence-corrected chi connectivity index (χ4v) is 3.77. The third-order valence-electron chi connectivity index (χ3n) is 5.58. The van der Waals surface area contributed by atoms with Crippen molar-refractivity contribution in [2.75, 3.05) is 6.61 Å². The predicted octanol–water partition coefficient (Wildman–Crippen LogP) is 6.59. The maximum atomic E-state index is 12.4. The maximum absolute atomic E-state index is 12.4. The van der Waals surface area contributed by atoms with Crippen molar-refractivity contribution in [3.8, 4) is 17.4 Å². The molecule has 0 radical (unpaired) electrons. The van der Waals surface area contributed by atoms with E-state index in [0.29, 0.717) is 24.1 Å². The highest BCUT2D eigenvalue weighted by molar-refractivity contribution is 5.97. The van der Waals surface area contributed by atoms with Gasteiger partial charge in [-0.05, 0) is 42.8 Å². The van der Waals surface area contributed by atoms with Crippen LogP contribution in [0.25, 0.3) is 10.9 Å². The molecule has 0 aliphatic rings. The number of benzene rings is 3. The van der Waals surface area contributed by atoms with Gasteiger partial charge in [-0.25, -0.2) is 0 Å². The van der Waals surface area contributed by atoms with Crippen molar-refractivity contribution in [1.29, 1.82) is 0 Å². The van der Waals surface area contributed by atoms with Gasteiger partial charge in [-0.1, -0.05) is 56.2 Å². The number of phenols is 1. The lowest BCUT2D eigenvalue weighted by Crippen LogP contribution is -2.04. The van der Waals surface area contributed by atoms with Crippen molar-refractivity contribution in [2.24, 2.45) is 10.2 Å². The Bertz CT molecular complexity index is 1310. The van der Waals surface area contributed by atoms with Gasteiger partial charge >= 0.3 is 0 Å². The number of phenolic OH excluding ortho intramolecular Hbond substituents is 1. The highest BCUT2D eigenvalue weighted by atomic mass is 16.5. The Balaban J connectivity index is 1.64. The van der Waals surface area contributed by atoms with Crippen LogP contribution in [0.5, 0.6) is 17.4 Å². The number of carbonyl (C=O) groups is 1. The fourth-order valence-electron chi connectivity index (χ4n) is 3.77. The number of amides is 1. The molecule has 4 rings (SSSR count). The van der Waals surface area contributed by atoms with Crippen molar-refractivity contribution < 1.29 is 19.7 Å². The van der Waals surface area contributed by atoms with Gasteiger partial charge in [0.05, 0.1) is 18.7 Å². The minimum Gasteiger partial charge on any atom is -0.508 e. The van der Waals surface area contributed by atoms with Crippen molar-refractivity contribution in [3.63, 3.8) is 0 Å². The number of aromatic nitrogens is 1. The number of rotatable bonds is 9. The topological polar surface area (TPSA) is 96.4 Å². The van der Waals surface area contributed by atoms with Crippen LogP contribution in [-0.2, 0) is 6.54 Å². The molecule has 0 fully saturated rings. The molecule has 0 bridgehead atoms. The largest absolute Gasteiger partial charge is 0.508 e. The zero-order chi connectivity index (χ0) is 23.9. The molecule has 34 heavy (non-hydrogen) atoms. The van der Waals surface area contributed by atoms with Crippen LogP contribution in [0.4, 0.5) is 5.69 Å². The lowest BCUT2D eigenvalue weighted by molar-refractivity contribution is 0.0995. The first-order chi connectivity index (χ1) is 16.6. The Morgan fingerprint density at radius 1 is 0.941 bits per heavy atom. The summed E-state index contributed by atoms with van der Waals surface area (Å²) in [6.45, 7) is 3.17. The molecule has 0 saturated heterocycles. The van der Waals surface area contributed by atoms with E-state index in [1.54, 1.807) is 4.57 Å². The molecule has 7 heteroatoms. The maximum Gasteiger partial charge on any atom is 0.295 e. The van der Waals surface area contributed by atoms with Crippen LogP contribution in [0, 0.1) is 0 Å². The molecular formula is C27H27N3O4. The summed E-state index contributed by atoms with van der Waals surface area (Å²) < 4.78 is 7.75. The van der Waals surface area contributed by atoms with Gasteiger partial charge in [0.1, 0.15) is 11.5 Å². The summed E-state index contributed by atoms with van der Waals surface area (Å²) in [5.74, 6) is 0.191. The van der Waals surface area contributed by atoms with Gasteiger partial charge in [-0.2, -0.15) is 0 Å². The number of hydrogen-bond acceptors (Lipinski definition) is 5. The fraction of sp³-hybridized carbons (Fsp3) is 0.222. The van der Waals surface area contributed by atoms with Crippen LogP contribution in [0.15, 0.2) is 83.0 Å². The van der Waals surface area contributed by atoms with E-state index in [2.05, 4.69) is 17.2 Å². The van der Waals surface area contributed by atoms with Gasteiger partial charge in [0, 0.05) is 16.5 Å². The molecule has 0 aliphatic carbocycles. The minimum atomic E-state index is -0.568. The molecule has 4 aromatic rings. The highest BCUT2D eigenvalue weighted by Crippen LogP contribution is 2.40. The first-order valence-electron chi connectivity index (χ1n) is 11.3. The predicted molar refractivity (Wildman–Crippen MR) is 131 cm³/mol. The molecule has 0 spiro atoms. The van der Waals surface area contributed by atoms with E-state index < -0.39 is 5.91 Å². The third kappa shape index (κ3) is 5.09. The molecular weight excluding hydrogens is 430 g/mol. The average Bonchev–Trinajstić information content (AvgIpc) is 3.12. The second-order valence-electron chi connectivity index (χ2n) is 7.99. The summed E-state index contributed by atoms with van der Waals surface area (Å²) >= 11 is 0. The van der Waals surface area contributed by atoms with Crippen molar-refractivity contribution in [3.05, 3.63) is 83.9 Å². The quantitative estimate of drug-likeness (QED) is 0.219. The number of azo groups is 1. The first kappa shape index (κ1) is 23.0. The summed E-state index contributed by atoms with van der Waals surface area (Å²) in [6.07, 6.45) is 3.23. The van der Waals surface area contributed by atoms with E-state index in [1.807, 2.05) is 48.5 Å².